The normalized spacial score (nSPS) is 11.0. The number of guanidine groups is 1. The van der Waals surface area contributed by atoms with Crippen molar-refractivity contribution < 1.29 is 4.39 Å². The van der Waals surface area contributed by atoms with Gasteiger partial charge < -0.3 is 15.2 Å². The summed E-state index contributed by atoms with van der Waals surface area (Å²) < 4.78 is 15.0. The van der Waals surface area contributed by atoms with Crippen LogP contribution in [0.2, 0.25) is 0 Å². The maximum atomic E-state index is 13.2. The van der Waals surface area contributed by atoms with Crippen molar-refractivity contribution in [3.05, 3.63) is 69.9 Å². The summed E-state index contributed by atoms with van der Waals surface area (Å²) in [6.07, 6.45) is 2.58. The number of unbranched alkanes of at least 4 members (excludes halogenated alkanes) is 1. The van der Waals surface area contributed by atoms with E-state index in [0.29, 0.717) is 6.54 Å². The van der Waals surface area contributed by atoms with E-state index >= 15 is 0 Å². The van der Waals surface area contributed by atoms with Crippen LogP contribution in [0.15, 0.2) is 52.3 Å². The molecule has 0 bridgehead atoms. The number of aromatic nitrogens is 1. The largest absolute Gasteiger partial charge is 0.356 e. The van der Waals surface area contributed by atoms with Crippen LogP contribution in [0.3, 0.4) is 0 Å². The van der Waals surface area contributed by atoms with E-state index in [1.165, 1.54) is 6.07 Å². The van der Waals surface area contributed by atoms with Crippen LogP contribution in [-0.2, 0) is 13.0 Å². The molecule has 0 spiro atoms. The molecule has 1 aromatic carbocycles. The zero-order chi connectivity index (χ0) is 18.8. The fourth-order valence-corrected chi connectivity index (χ4v) is 2.75. The quantitative estimate of drug-likeness (QED) is 0.261. The Morgan fingerprint density at radius 1 is 1.11 bits per heavy atom. The third-order valence-corrected chi connectivity index (χ3v) is 4.19. The van der Waals surface area contributed by atoms with Crippen molar-refractivity contribution >= 4 is 29.9 Å². The van der Waals surface area contributed by atoms with Crippen LogP contribution in [0.5, 0.6) is 0 Å². The van der Waals surface area contributed by atoms with Crippen LogP contribution in [-0.4, -0.2) is 30.7 Å². The molecule has 0 atom stereocenters. The molecule has 0 aliphatic heterocycles. The van der Waals surface area contributed by atoms with E-state index in [1.54, 1.807) is 35.9 Å². The van der Waals surface area contributed by atoms with Gasteiger partial charge in [0.15, 0.2) is 5.96 Å². The van der Waals surface area contributed by atoms with E-state index in [-0.39, 0.29) is 35.4 Å². The second-order valence-electron chi connectivity index (χ2n) is 6.17. The molecule has 2 N–H and O–H groups in total. The molecule has 0 amide bonds. The van der Waals surface area contributed by atoms with E-state index < -0.39 is 0 Å². The zero-order valence-corrected chi connectivity index (χ0v) is 18.2. The molecule has 2 aromatic rings. The summed E-state index contributed by atoms with van der Waals surface area (Å²) in [6, 6.07) is 12.0. The molecule has 0 saturated carbocycles. The van der Waals surface area contributed by atoms with Crippen LogP contribution in [0.1, 0.15) is 24.1 Å². The fourth-order valence-electron chi connectivity index (χ4n) is 2.75. The molecular weight excluding hydrogens is 458 g/mol. The summed E-state index contributed by atoms with van der Waals surface area (Å²) >= 11 is 0. The first-order chi connectivity index (χ1) is 12.6. The van der Waals surface area contributed by atoms with E-state index in [9.17, 15) is 9.18 Å². The first-order valence-corrected chi connectivity index (χ1v) is 8.95. The van der Waals surface area contributed by atoms with Crippen molar-refractivity contribution in [1.29, 1.82) is 0 Å². The zero-order valence-electron chi connectivity index (χ0n) is 15.9. The minimum Gasteiger partial charge on any atom is -0.356 e. The first-order valence-electron chi connectivity index (χ1n) is 8.95. The molecule has 1 heterocycles. The number of pyridine rings is 1. The lowest BCUT2D eigenvalue weighted by molar-refractivity contribution is 0.575. The van der Waals surface area contributed by atoms with Gasteiger partial charge in [-0.3, -0.25) is 9.79 Å². The maximum Gasteiger partial charge on any atom is 0.250 e. The molecule has 148 valence electrons. The number of hydrogen-bond donors (Lipinski definition) is 2. The lowest BCUT2D eigenvalue weighted by atomic mass is 10.1. The smallest absolute Gasteiger partial charge is 0.250 e. The average Bonchev–Trinajstić information content (AvgIpc) is 2.62. The molecule has 0 radical (unpaired) electrons. The molecule has 2 rings (SSSR count). The first kappa shape index (κ1) is 23.1. The lowest BCUT2D eigenvalue weighted by Crippen LogP contribution is -2.38. The molecule has 0 unspecified atom stereocenters. The van der Waals surface area contributed by atoms with E-state index in [0.717, 1.165) is 49.6 Å². The minimum absolute atomic E-state index is 0. The summed E-state index contributed by atoms with van der Waals surface area (Å²) in [6.45, 7) is 4.13. The van der Waals surface area contributed by atoms with Gasteiger partial charge in [0, 0.05) is 38.4 Å². The van der Waals surface area contributed by atoms with E-state index in [1.807, 2.05) is 19.1 Å². The second-order valence-corrected chi connectivity index (χ2v) is 6.17. The predicted octanol–water partition coefficient (Wildman–Crippen LogP) is 3.10. The topological polar surface area (TPSA) is 58.4 Å². The SMILES string of the molecule is CN=C(NCCCCn1c(C)cccc1=O)NCCc1cccc(F)c1.I. The number of hydrogen-bond acceptors (Lipinski definition) is 2. The second kappa shape index (κ2) is 12.5. The summed E-state index contributed by atoms with van der Waals surface area (Å²) in [5.74, 6) is 0.521. The summed E-state index contributed by atoms with van der Waals surface area (Å²) in [4.78, 5) is 16.0. The monoisotopic (exact) mass is 486 g/mol. The number of rotatable bonds is 8. The van der Waals surface area contributed by atoms with Gasteiger partial charge in [-0.1, -0.05) is 18.2 Å². The van der Waals surface area contributed by atoms with Crippen molar-refractivity contribution in [3.63, 3.8) is 0 Å². The maximum absolute atomic E-state index is 13.2. The number of aliphatic imine (C=N–C) groups is 1. The Bertz CT molecular complexity index is 792. The van der Waals surface area contributed by atoms with Crippen LogP contribution in [0, 0.1) is 12.7 Å². The third-order valence-electron chi connectivity index (χ3n) is 4.19. The number of nitrogens with one attached hydrogen (secondary N) is 2. The molecule has 5 nitrogen and oxygen atoms in total. The van der Waals surface area contributed by atoms with Gasteiger partial charge in [0.25, 0.3) is 5.56 Å². The van der Waals surface area contributed by atoms with Gasteiger partial charge in [-0.2, -0.15) is 0 Å². The Morgan fingerprint density at radius 2 is 1.85 bits per heavy atom. The van der Waals surface area contributed by atoms with Gasteiger partial charge in [-0.25, -0.2) is 4.39 Å². The van der Waals surface area contributed by atoms with Gasteiger partial charge in [0.05, 0.1) is 0 Å². The van der Waals surface area contributed by atoms with Gasteiger partial charge >= 0.3 is 0 Å². The van der Waals surface area contributed by atoms with E-state index in [4.69, 9.17) is 0 Å². The average molecular weight is 486 g/mol. The molecule has 27 heavy (non-hydrogen) atoms. The molecular formula is C20H28FIN4O. The van der Waals surface area contributed by atoms with Gasteiger partial charge in [0.2, 0.25) is 0 Å². The van der Waals surface area contributed by atoms with Crippen LogP contribution in [0.4, 0.5) is 4.39 Å². The van der Waals surface area contributed by atoms with Gasteiger partial charge in [0.1, 0.15) is 5.82 Å². The molecule has 0 aliphatic rings. The van der Waals surface area contributed by atoms with E-state index in [2.05, 4.69) is 15.6 Å². The van der Waals surface area contributed by atoms with Crippen LogP contribution in [0.25, 0.3) is 0 Å². The minimum atomic E-state index is -0.210. The fraction of sp³-hybridized carbons (Fsp3) is 0.400. The standard InChI is InChI=1S/C20H27FN4O.HI/c1-16-7-5-10-19(26)25(16)14-4-3-12-23-20(22-2)24-13-11-17-8-6-9-18(21)15-17;/h5-10,15H,3-4,11-14H2,1-2H3,(H2,22,23,24);1H. The van der Waals surface area contributed by atoms with Gasteiger partial charge in [-0.05, 0) is 49.9 Å². The number of benzene rings is 1. The summed E-state index contributed by atoms with van der Waals surface area (Å²) in [5.41, 5.74) is 1.99. The lowest BCUT2D eigenvalue weighted by Gasteiger charge is -2.13. The summed E-state index contributed by atoms with van der Waals surface area (Å²) in [7, 11) is 1.73. The molecule has 0 fully saturated rings. The predicted molar refractivity (Wildman–Crippen MR) is 120 cm³/mol. The third kappa shape index (κ3) is 8.11. The van der Waals surface area contributed by atoms with Crippen molar-refractivity contribution in [2.45, 2.75) is 32.7 Å². The van der Waals surface area contributed by atoms with Crippen molar-refractivity contribution in [2.75, 3.05) is 20.1 Å². The van der Waals surface area contributed by atoms with Crippen molar-refractivity contribution in [2.24, 2.45) is 4.99 Å². The highest BCUT2D eigenvalue weighted by molar-refractivity contribution is 14.0. The number of nitrogens with zero attached hydrogens (tertiary/aromatic N) is 2. The highest BCUT2D eigenvalue weighted by atomic mass is 127. The molecule has 0 saturated heterocycles. The number of aryl methyl sites for hydroxylation is 1. The Balaban J connectivity index is 0.00000364. The van der Waals surface area contributed by atoms with Crippen LogP contribution >= 0.6 is 24.0 Å². The Hall–Kier alpha value is -1.90. The number of halogens is 2. The van der Waals surface area contributed by atoms with Crippen molar-refractivity contribution in [1.82, 2.24) is 15.2 Å². The highest BCUT2D eigenvalue weighted by Gasteiger charge is 2.01. The molecule has 1 aromatic heterocycles. The Kier molecular flexibility index (Phi) is 10.7. The summed E-state index contributed by atoms with van der Waals surface area (Å²) in [5, 5.41) is 6.49. The Labute approximate surface area is 177 Å². The Morgan fingerprint density at radius 3 is 2.56 bits per heavy atom. The molecule has 7 heteroatoms. The molecule has 0 aliphatic carbocycles. The van der Waals surface area contributed by atoms with Gasteiger partial charge in [-0.15, -0.1) is 24.0 Å². The highest BCUT2D eigenvalue weighted by Crippen LogP contribution is 2.03. The van der Waals surface area contributed by atoms with Crippen molar-refractivity contribution in [3.8, 4) is 0 Å². The van der Waals surface area contributed by atoms with Crippen LogP contribution < -0.4 is 16.2 Å².